The number of Topliss-reactive ketones (excluding diaryl/α,β-unsaturated/α-hetero) is 4. The van der Waals surface area contributed by atoms with Crippen molar-refractivity contribution in [1.29, 1.82) is 0 Å². The quantitative estimate of drug-likeness (QED) is 0.0410. The molecule has 1 aliphatic heterocycles. The van der Waals surface area contributed by atoms with E-state index in [4.69, 9.17) is 5.73 Å². The number of aliphatic carboxylic acids is 1. The molecule has 1 fully saturated rings. The molecule has 4 aromatic carbocycles. The number of aliphatic hydroxyl groups is 1. The number of phenolic OH excluding ortho intramolecular Hbond substituents is 3. The number of ketones is 4. The number of nitrogens with two attached hydrogens (primary N) is 1. The average Bonchev–Trinajstić information content (AvgIpc) is 1.80. The van der Waals surface area contributed by atoms with E-state index < -0.39 is 139 Å². The Hall–Kier alpha value is -9.41. The molecule has 0 saturated carbocycles. The number of rotatable bonds is 23. The third kappa shape index (κ3) is 24.1. The van der Waals surface area contributed by atoms with Gasteiger partial charge in [-0.1, -0.05) is 74.9 Å². The summed E-state index contributed by atoms with van der Waals surface area (Å²) < 4.78 is 0. The Morgan fingerprint density at radius 2 is 1.16 bits per heavy atom. The molecule has 0 bridgehead atoms. The van der Waals surface area contributed by atoms with Crippen LogP contribution in [0.25, 0.3) is 10.9 Å². The molecule has 15 N–H and O–H groups in total. The molecule has 6 amide bonds. The number of aromatic nitrogens is 1. The highest BCUT2D eigenvalue weighted by Crippen LogP contribution is 2.22. The largest absolute Gasteiger partial charge is 0.508 e. The first-order valence-electron chi connectivity index (χ1n) is 31.8. The Morgan fingerprint density at radius 3 is 1.75 bits per heavy atom. The number of carbonyl (C=O) groups is 11. The van der Waals surface area contributed by atoms with Gasteiger partial charge in [-0.25, -0.2) is 15.2 Å². The molecule has 6 rings (SSSR count). The van der Waals surface area contributed by atoms with Crippen molar-refractivity contribution >= 4 is 75.4 Å². The molecule has 0 aliphatic carbocycles. The van der Waals surface area contributed by atoms with E-state index in [9.17, 15) is 78.3 Å². The Morgan fingerprint density at radius 1 is 0.632 bits per heavy atom. The number of aromatic amines is 1. The maximum absolute atomic E-state index is 14.9. The fraction of sp³-hybridized carbons (Fsp3) is 0.456. The van der Waals surface area contributed by atoms with Gasteiger partial charge < -0.3 is 73.1 Å². The summed E-state index contributed by atoms with van der Waals surface area (Å²) in [5.41, 5.74) is 11.4. The molecule has 27 heteroatoms. The SMILES string of the molecule is CC(=O)C(=O)[C@H](Cc1ccc(O)cc1)NC[C@H]1CCCCN(C)CCCCN(CC(=O)N[C@@H](Cc2ccc(O)cc2)C(=O)O)N[C@@H](CC(C)C)C(=O)C(=O)C(Cc2ccc(O)cc2)NC(=O)[C@H](CCC(N)=O)NC(=O)C(CO)NC(=O)[C@H](Cc2c[nH]c3ccccc23)NC1=O. The predicted octanol–water partition coefficient (Wildman–Crippen LogP) is 1.31. The van der Waals surface area contributed by atoms with Crippen molar-refractivity contribution < 1.29 is 78.3 Å². The van der Waals surface area contributed by atoms with Gasteiger partial charge in [0.1, 0.15) is 41.4 Å². The minimum atomic E-state index is -1.83. The lowest BCUT2D eigenvalue weighted by molar-refractivity contribution is -0.142. The Kier molecular flexibility index (Phi) is 29.0. The van der Waals surface area contributed by atoms with Gasteiger partial charge in [-0.15, -0.1) is 0 Å². The van der Waals surface area contributed by atoms with E-state index in [2.05, 4.69) is 42.3 Å². The number of H-pyrrole nitrogens is 1. The second-order valence-electron chi connectivity index (χ2n) is 24.6. The topological polar surface area (TPSA) is 421 Å². The molecule has 1 aromatic heterocycles. The minimum Gasteiger partial charge on any atom is -0.508 e. The maximum Gasteiger partial charge on any atom is 0.326 e. The summed E-state index contributed by atoms with van der Waals surface area (Å²) in [6.07, 6.45) is 2.08. The van der Waals surface area contributed by atoms with Crippen molar-refractivity contribution in [3.63, 3.8) is 0 Å². The van der Waals surface area contributed by atoms with Crippen LogP contribution in [0, 0.1) is 11.8 Å². The van der Waals surface area contributed by atoms with Crippen LogP contribution in [-0.4, -0.2) is 194 Å². The van der Waals surface area contributed by atoms with Crippen LogP contribution in [0.1, 0.15) is 94.4 Å². The standard InChI is InChI=1S/C68H89N11O16/c1-40(2)31-55-63(89)62(88)54(33-43-16-22-48(83)23-17-43)74-65(91)52(26-27-59(69)85)73-67(93)58(39-80)76-66(92)56(35-46-37-70-51-13-6-5-12-50(46)51)75-64(90)45(36-71-53(61(87)41(3)81)32-42-14-20-47(82)21-15-42)11-7-8-28-78(4)29-9-10-30-79(77-55)38-60(86)72-57(68(94)95)34-44-18-24-49(84)25-19-44/h5-6,12-25,37,40,45,52-58,70-71,77,80,82-84H,7-11,26-36,38-39H2,1-4H3,(H2,69,85)(H,72,86)(H,73,93)(H,74,91)(H,75,90)(H,76,92)(H,94,95)/t45-,52+,53+,54?,55+,56+,57+,58?/m1/s1. The first-order valence-corrected chi connectivity index (χ1v) is 31.8. The molecule has 2 heterocycles. The van der Waals surface area contributed by atoms with Crippen molar-refractivity contribution in [3.8, 4) is 17.2 Å². The lowest BCUT2D eigenvalue weighted by atomic mass is 9.92. The third-order valence-corrected chi connectivity index (χ3v) is 16.4. The zero-order valence-corrected chi connectivity index (χ0v) is 53.9. The van der Waals surface area contributed by atoms with E-state index in [1.807, 2.05) is 18.0 Å². The van der Waals surface area contributed by atoms with Crippen LogP contribution in [0.2, 0.25) is 0 Å². The average molecular weight is 1320 g/mol. The van der Waals surface area contributed by atoms with Crippen LogP contribution in [0.4, 0.5) is 0 Å². The molecule has 1 aliphatic rings. The summed E-state index contributed by atoms with van der Waals surface area (Å²) in [6.45, 7) is 4.08. The normalized spacial score (nSPS) is 20.7. The van der Waals surface area contributed by atoms with E-state index >= 15 is 0 Å². The van der Waals surface area contributed by atoms with Gasteiger partial charge in [-0.2, -0.15) is 0 Å². The lowest BCUT2D eigenvalue weighted by Gasteiger charge is -2.30. The lowest BCUT2D eigenvalue weighted by Crippen LogP contribution is -2.60. The van der Waals surface area contributed by atoms with Gasteiger partial charge in [0, 0.05) is 62.8 Å². The highest BCUT2D eigenvalue weighted by atomic mass is 16.4. The van der Waals surface area contributed by atoms with E-state index in [0.29, 0.717) is 71.9 Å². The van der Waals surface area contributed by atoms with Gasteiger partial charge in [0.25, 0.3) is 0 Å². The second-order valence-corrected chi connectivity index (χ2v) is 24.6. The number of carbonyl (C=O) groups excluding carboxylic acids is 10. The van der Waals surface area contributed by atoms with Crippen LogP contribution < -0.4 is 43.1 Å². The number of fused-ring (bicyclic) bond motifs is 1. The Bertz CT molecular complexity index is 3450. The molecule has 512 valence electrons. The minimum absolute atomic E-state index is 0.00702. The summed E-state index contributed by atoms with van der Waals surface area (Å²) >= 11 is 0. The van der Waals surface area contributed by atoms with Crippen molar-refractivity contribution in [2.24, 2.45) is 17.6 Å². The summed E-state index contributed by atoms with van der Waals surface area (Å²) in [7, 11) is 1.89. The number of nitrogens with zero attached hydrogens (tertiary/aromatic N) is 2. The van der Waals surface area contributed by atoms with E-state index in [0.717, 1.165) is 6.92 Å². The second kappa shape index (κ2) is 36.9. The van der Waals surface area contributed by atoms with Gasteiger partial charge in [0.2, 0.25) is 52.8 Å². The molecule has 0 spiro atoms. The van der Waals surface area contributed by atoms with E-state index in [-0.39, 0.29) is 74.8 Å². The number of para-hydroxylation sites is 1. The highest BCUT2D eigenvalue weighted by molar-refractivity contribution is 6.41. The summed E-state index contributed by atoms with van der Waals surface area (Å²) in [5.74, 6) is -11.9. The molecule has 2 unspecified atom stereocenters. The van der Waals surface area contributed by atoms with Crippen molar-refractivity contribution in [1.82, 2.24) is 52.2 Å². The summed E-state index contributed by atoms with van der Waals surface area (Å²) in [5, 5.41) is 69.2. The molecular formula is C68H89N11O16. The monoisotopic (exact) mass is 1320 g/mol. The first-order chi connectivity index (χ1) is 45.3. The number of amides is 6. The third-order valence-electron chi connectivity index (χ3n) is 16.4. The Balaban J connectivity index is 1.37. The number of carboxylic acids is 1. The van der Waals surface area contributed by atoms with Crippen molar-refractivity contribution in [2.45, 2.75) is 140 Å². The van der Waals surface area contributed by atoms with Crippen LogP contribution in [0.15, 0.2) is 103 Å². The number of hydrazine groups is 1. The number of aliphatic hydroxyl groups excluding tert-OH is 1. The molecule has 5 aromatic rings. The summed E-state index contributed by atoms with van der Waals surface area (Å²) in [4.78, 5) is 159. The molecule has 27 nitrogen and oxygen atoms in total. The van der Waals surface area contributed by atoms with Gasteiger partial charge in [0.05, 0.1) is 37.2 Å². The number of hydrogen-bond donors (Lipinski definition) is 14. The zero-order valence-electron chi connectivity index (χ0n) is 53.9. The number of carboxylic acid groups (broad SMARTS) is 1. The van der Waals surface area contributed by atoms with Gasteiger partial charge in [-0.05, 0) is 136 Å². The smallest absolute Gasteiger partial charge is 0.326 e. The van der Waals surface area contributed by atoms with Crippen molar-refractivity contribution in [2.75, 3.05) is 46.4 Å². The maximum atomic E-state index is 14.9. The van der Waals surface area contributed by atoms with E-state index in [1.165, 1.54) is 65.7 Å². The van der Waals surface area contributed by atoms with Gasteiger partial charge >= 0.3 is 5.97 Å². The number of benzene rings is 4. The number of nitrogens with one attached hydrogen (secondary N) is 8. The number of phenols is 3. The highest BCUT2D eigenvalue weighted by Gasteiger charge is 2.38. The molecule has 1 saturated heterocycles. The number of hydrogen-bond acceptors (Lipinski definition) is 19. The molecule has 0 radical (unpaired) electrons. The molecule has 8 atom stereocenters. The summed E-state index contributed by atoms with van der Waals surface area (Å²) in [6, 6.07) is 14.0. The van der Waals surface area contributed by atoms with Crippen LogP contribution in [0.5, 0.6) is 17.2 Å². The fourth-order valence-electron chi connectivity index (χ4n) is 11.1. The fourth-order valence-corrected chi connectivity index (χ4v) is 11.1. The number of aromatic hydroxyl groups is 3. The van der Waals surface area contributed by atoms with E-state index in [1.54, 1.807) is 50.4 Å². The van der Waals surface area contributed by atoms with Crippen LogP contribution in [0.3, 0.4) is 0 Å². The Labute approximate surface area is 550 Å². The predicted molar refractivity (Wildman–Crippen MR) is 350 cm³/mol. The molecular weight excluding hydrogens is 1230 g/mol. The zero-order chi connectivity index (χ0) is 69.3. The molecule has 95 heavy (non-hydrogen) atoms. The van der Waals surface area contributed by atoms with Gasteiger partial charge in [-0.3, -0.25) is 47.9 Å². The van der Waals surface area contributed by atoms with Crippen LogP contribution >= 0.6 is 0 Å². The van der Waals surface area contributed by atoms with Crippen LogP contribution in [-0.2, 0) is 78.4 Å². The first kappa shape index (κ1) is 74.6. The van der Waals surface area contributed by atoms with Crippen molar-refractivity contribution in [3.05, 3.63) is 126 Å². The number of primary amides is 1. The van der Waals surface area contributed by atoms with Gasteiger partial charge in [0.15, 0.2) is 5.78 Å².